The van der Waals surface area contributed by atoms with Crippen molar-refractivity contribution in [3.63, 3.8) is 0 Å². The van der Waals surface area contributed by atoms with Gasteiger partial charge in [0.15, 0.2) is 0 Å². The van der Waals surface area contributed by atoms with E-state index < -0.39 is 11.7 Å². The van der Waals surface area contributed by atoms with Gasteiger partial charge in [-0.15, -0.1) is 11.3 Å². The van der Waals surface area contributed by atoms with Gasteiger partial charge in [0.1, 0.15) is 23.1 Å². The van der Waals surface area contributed by atoms with E-state index in [0.29, 0.717) is 27.0 Å². The monoisotopic (exact) mass is 488 g/mol. The first-order valence-corrected chi connectivity index (χ1v) is 11.0. The van der Waals surface area contributed by atoms with E-state index in [-0.39, 0.29) is 18.2 Å². The highest BCUT2D eigenvalue weighted by atomic mass is 35.5. The zero-order valence-electron chi connectivity index (χ0n) is 16.9. The number of halogens is 4. The molecule has 0 bridgehead atoms. The molecular weight excluding hydrogens is 473 g/mol. The van der Waals surface area contributed by atoms with Crippen molar-refractivity contribution in [2.75, 3.05) is 5.32 Å². The lowest BCUT2D eigenvalue weighted by Crippen LogP contribution is -2.12. The second-order valence-corrected chi connectivity index (χ2v) is 8.31. The number of anilines is 1. The number of rotatable bonds is 6. The molecule has 0 aliphatic carbocycles. The van der Waals surface area contributed by atoms with Crippen LogP contribution in [0.4, 0.5) is 18.9 Å². The number of nitrogens with zero attached hydrogens (tertiary/aromatic N) is 1. The average molecular weight is 489 g/mol. The SMILES string of the molecule is O=C(Nc1cccc(Cl)c1)c1csc(-c2ccc(OCc3cccc(C(F)(F)F)c3)cc2)n1. The molecule has 1 amide bonds. The topological polar surface area (TPSA) is 51.2 Å². The van der Waals surface area contributed by atoms with E-state index in [1.165, 1.54) is 17.4 Å². The van der Waals surface area contributed by atoms with Crippen LogP contribution in [0.2, 0.25) is 5.02 Å². The molecule has 0 saturated heterocycles. The van der Waals surface area contributed by atoms with E-state index in [0.717, 1.165) is 17.7 Å². The van der Waals surface area contributed by atoms with Crippen LogP contribution in [0.3, 0.4) is 0 Å². The van der Waals surface area contributed by atoms with Gasteiger partial charge in [0.2, 0.25) is 0 Å². The molecule has 0 aliphatic rings. The van der Waals surface area contributed by atoms with Gasteiger partial charge < -0.3 is 10.1 Å². The summed E-state index contributed by atoms with van der Waals surface area (Å²) < 4.78 is 44.1. The Labute approximate surface area is 196 Å². The first kappa shape index (κ1) is 22.8. The molecule has 1 N–H and O–H groups in total. The number of carbonyl (C=O) groups excluding carboxylic acids is 1. The van der Waals surface area contributed by atoms with Gasteiger partial charge in [-0.2, -0.15) is 13.2 Å². The summed E-state index contributed by atoms with van der Waals surface area (Å²) in [7, 11) is 0. The molecule has 168 valence electrons. The molecule has 0 spiro atoms. The average Bonchev–Trinajstić information content (AvgIpc) is 3.28. The van der Waals surface area contributed by atoms with Crippen molar-refractivity contribution >= 4 is 34.5 Å². The summed E-state index contributed by atoms with van der Waals surface area (Å²) >= 11 is 7.25. The summed E-state index contributed by atoms with van der Waals surface area (Å²) in [5, 5.41) is 5.57. The molecular formula is C24H16ClF3N2O2S. The molecule has 1 aromatic heterocycles. The predicted octanol–water partition coefficient (Wildman–Crippen LogP) is 7.31. The van der Waals surface area contributed by atoms with Gasteiger partial charge in [-0.3, -0.25) is 4.79 Å². The highest BCUT2D eigenvalue weighted by molar-refractivity contribution is 7.13. The summed E-state index contributed by atoms with van der Waals surface area (Å²) in [5.74, 6) is 0.160. The first-order chi connectivity index (χ1) is 15.8. The number of benzene rings is 3. The minimum atomic E-state index is -4.39. The third-order valence-electron chi connectivity index (χ3n) is 4.58. The van der Waals surface area contributed by atoms with Crippen LogP contribution >= 0.6 is 22.9 Å². The van der Waals surface area contributed by atoms with Crippen LogP contribution < -0.4 is 10.1 Å². The maximum Gasteiger partial charge on any atom is 0.416 e. The molecule has 33 heavy (non-hydrogen) atoms. The van der Waals surface area contributed by atoms with Gasteiger partial charge in [0.05, 0.1) is 5.56 Å². The minimum Gasteiger partial charge on any atom is -0.489 e. The molecule has 0 saturated carbocycles. The van der Waals surface area contributed by atoms with E-state index in [1.807, 2.05) is 0 Å². The van der Waals surface area contributed by atoms with Crippen LogP contribution in [0.15, 0.2) is 78.2 Å². The number of hydrogen-bond donors (Lipinski definition) is 1. The van der Waals surface area contributed by atoms with Crippen LogP contribution in [0.5, 0.6) is 5.75 Å². The van der Waals surface area contributed by atoms with Crippen LogP contribution in [0.1, 0.15) is 21.6 Å². The smallest absolute Gasteiger partial charge is 0.416 e. The van der Waals surface area contributed by atoms with Gasteiger partial charge in [-0.1, -0.05) is 29.8 Å². The molecule has 0 radical (unpaired) electrons. The van der Waals surface area contributed by atoms with Crippen LogP contribution in [0.25, 0.3) is 10.6 Å². The summed E-state index contributed by atoms with van der Waals surface area (Å²) in [6.07, 6.45) is -4.39. The molecule has 9 heteroatoms. The number of alkyl halides is 3. The quantitative estimate of drug-likeness (QED) is 0.309. The highest BCUT2D eigenvalue weighted by Crippen LogP contribution is 2.30. The Hall–Kier alpha value is -3.36. The van der Waals surface area contributed by atoms with E-state index in [4.69, 9.17) is 16.3 Å². The van der Waals surface area contributed by atoms with Crippen molar-refractivity contribution in [2.24, 2.45) is 0 Å². The number of nitrogens with one attached hydrogen (secondary N) is 1. The lowest BCUT2D eigenvalue weighted by molar-refractivity contribution is -0.137. The Bertz CT molecular complexity index is 1270. The Balaban J connectivity index is 1.39. The van der Waals surface area contributed by atoms with Crippen molar-refractivity contribution in [3.8, 4) is 16.3 Å². The third kappa shape index (κ3) is 5.91. The Morgan fingerprint density at radius 2 is 1.79 bits per heavy atom. The van der Waals surface area contributed by atoms with Gasteiger partial charge in [-0.25, -0.2) is 4.98 Å². The Morgan fingerprint density at radius 1 is 1.03 bits per heavy atom. The van der Waals surface area contributed by atoms with Gasteiger partial charge in [0.25, 0.3) is 5.91 Å². The number of carbonyl (C=O) groups is 1. The zero-order chi connectivity index (χ0) is 23.4. The highest BCUT2D eigenvalue weighted by Gasteiger charge is 2.30. The second-order valence-electron chi connectivity index (χ2n) is 7.01. The summed E-state index contributed by atoms with van der Waals surface area (Å²) in [4.78, 5) is 16.8. The predicted molar refractivity (Wildman–Crippen MR) is 123 cm³/mol. The molecule has 0 atom stereocenters. The van der Waals surface area contributed by atoms with E-state index in [2.05, 4.69) is 10.3 Å². The minimum absolute atomic E-state index is 0.00827. The van der Waals surface area contributed by atoms with Crippen molar-refractivity contribution in [1.29, 1.82) is 0 Å². The van der Waals surface area contributed by atoms with E-state index in [1.54, 1.807) is 60.0 Å². The number of thiazole rings is 1. The standard InChI is InChI=1S/C24H16ClF3N2O2S/c25-18-5-2-6-19(12-18)29-22(31)21-14-33-23(30-21)16-7-9-20(10-8-16)32-13-15-3-1-4-17(11-15)24(26,27)28/h1-12,14H,13H2,(H,29,31). The maximum absolute atomic E-state index is 12.8. The van der Waals surface area contributed by atoms with E-state index >= 15 is 0 Å². The Kier molecular flexibility index (Phi) is 6.67. The first-order valence-electron chi connectivity index (χ1n) is 9.70. The fraction of sp³-hybridized carbons (Fsp3) is 0.0833. The second kappa shape index (κ2) is 9.64. The van der Waals surface area contributed by atoms with Crippen LogP contribution in [-0.2, 0) is 12.8 Å². The molecule has 1 heterocycles. The molecule has 3 aromatic carbocycles. The fourth-order valence-corrected chi connectivity index (χ4v) is 3.97. The number of aromatic nitrogens is 1. The normalized spacial score (nSPS) is 11.3. The molecule has 4 nitrogen and oxygen atoms in total. The van der Waals surface area contributed by atoms with Crippen molar-refractivity contribution < 1.29 is 22.7 Å². The van der Waals surface area contributed by atoms with Crippen molar-refractivity contribution in [3.05, 3.63) is 100 Å². The lowest BCUT2D eigenvalue weighted by atomic mass is 10.1. The molecule has 0 fully saturated rings. The fourth-order valence-electron chi connectivity index (χ4n) is 2.97. The molecule has 4 aromatic rings. The number of amides is 1. The number of hydrogen-bond acceptors (Lipinski definition) is 4. The van der Waals surface area contributed by atoms with Crippen molar-refractivity contribution in [2.45, 2.75) is 12.8 Å². The van der Waals surface area contributed by atoms with Gasteiger partial charge in [-0.05, 0) is 60.2 Å². The van der Waals surface area contributed by atoms with Gasteiger partial charge >= 0.3 is 6.18 Å². The summed E-state index contributed by atoms with van der Waals surface area (Å²) in [6.45, 7) is 0.00827. The lowest BCUT2D eigenvalue weighted by Gasteiger charge is -2.10. The molecule has 4 rings (SSSR count). The van der Waals surface area contributed by atoms with Crippen LogP contribution in [-0.4, -0.2) is 10.9 Å². The number of ether oxygens (including phenoxy) is 1. The van der Waals surface area contributed by atoms with Crippen molar-refractivity contribution in [1.82, 2.24) is 4.98 Å². The summed E-state index contributed by atoms with van der Waals surface area (Å²) in [6, 6.07) is 18.8. The molecule has 0 unspecified atom stereocenters. The summed E-state index contributed by atoms with van der Waals surface area (Å²) in [5.41, 5.74) is 1.35. The van der Waals surface area contributed by atoms with Crippen LogP contribution in [0, 0.1) is 0 Å². The molecule has 0 aliphatic heterocycles. The maximum atomic E-state index is 12.8. The van der Waals surface area contributed by atoms with Gasteiger partial charge in [0, 0.05) is 21.7 Å². The zero-order valence-corrected chi connectivity index (χ0v) is 18.5. The van der Waals surface area contributed by atoms with E-state index in [9.17, 15) is 18.0 Å². The third-order valence-corrected chi connectivity index (χ3v) is 5.71. The largest absolute Gasteiger partial charge is 0.489 e. The Morgan fingerprint density at radius 3 is 2.52 bits per heavy atom.